The standard InChI is InChI=1S/C16H16N2O5S/c19-14(13-8-22-4-5-23-13)17-7-10-2-1-3-11(6-10)15-18-12(9-24-15)16(20)21/h1-3,6,9,13H,4-5,7-8H2,(H,17,19)(H,20,21). The van der Waals surface area contributed by atoms with E-state index in [1.54, 1.807) is 0 Å². The topological polar surface area (TPSA) is 97.8 Å². The van der Waals surface area contributed by atoms with Crippen molar-refractivity contribution in [2.24, 2.45) is 0 Å². The van der Waals surface area contributed by atoms with Crippen molar-refractivity contribution in [2.45, 2.75) is 12.6 Å². The molecule has 1 amide bonds. The van der Waals surface area contributed by atoms with Crippen LogP contribution in [0.15, 0.2) is 29.6 Å². The van der Waals surface area contributed by atoms with Crippen LogP contribution in [0, 0.1) is 0 Å². The van der Waals surface area contributed by atoms with Gasteiger partial charge in [-0.1, -0.05) is 18.2 Å². The van der Waals surface area contributed by atoms with Gasteiger partial charge in [0.25, 0.3) is 5.91 Å². The molecule has 1 aromatic carbocycles. The first kappa shape index (κ1) is 16.6. The van der Waals surface area contributed by atoms with Crippen molar-refractivity contribution >= 4 is 23.2 Å². The second-order valence-electron chi connectivity index (χ2n) is 5.20. The Hall–Kier alpha value is -2.29. The van der Waals surface area contributed by atoms with Crippen molar-refractivity contribution in [1.82, 2.24) is 10.3 Å². The highest BCUT2D eigenvalue weighted by Crippen LogP contribution is 2.24. The Bertz CT molecular complexity index is 740. The third kappa shape index (κ3) is 3.97. The van der Waals surface area contributed by atoms with Crippen LogP contribution in [0.1, 0.15) is 16.1 Å². The quantitative estimate of drug-likeness (QED) is 0.851. The Balaban J connectivity index is 1.64. The highest BCUT2D eigenvalue weighted by atomic mass is 32.1. The maximum absolute atomic E-state index is 12.0. The molecule has 126 valence electrons. The van der Waals surface area contributed by atoms with Crippen LogP contribution < -0.4 is 5.32 Å². The summed E-state index contributed by atoms with van der Waals surface area (Å²) in [6.07, 6.45) is -0.570. The molecule has 2 heterocycles. The van der Waals surface area contributed by atoms with Gasteiger partial charge in [0.05, 0.1) is 19.8 Å². The van der Waals surface area contributed by atoms with E-state index in [-0.39, 0.29) is 18.2 Å². The first-order valence-electron chi connectivity index (χ1n) is 7.38. The van der Waals surface area contributed by atoms with Crippen molar-refractivity contribution in [3.8, 4) is 10.6 Å². The van der Waals surface area contributed by atoms with Crippen LogP contribution in [0.25, 0.3) is 10.6 Å². The fraction of sp³-hybridized carbons (Fsp3) is 0.312. The Kier molecular flexibility index (Phi) is 5.19. The molecule has 1 fully saturated rings. The first-order valence-corrected chi connectivity index (χ1v) is 8.26. The SMILES string of the molecule is O=C(O)c1csc(-c2cccc(CNC(=O)C3COCCO3)c2)n1. The minimum absolute atomic E-state index is 0.0307. The Morgan fingerprint density at radius 1 is 1.38 bits per heavy atom. The van der Waals surface area contributed by atoms with Gasteiger partial charge in [-0.15, -0.1) is 11.3 Å². The molecular weight excluding hydrogens is 332 g/mol. The number of amides is 1. The van der Waals surface area contributed by atoms with Crippen LogP contribution in [0.3, 0.4) is 0 Å². The zero-order chi connectivity index (χ0) is 16.9. The van der Waals surface area contributed by atoms with E-state index in [9.17, 15) is 9.59 Å². The van der Waals surface area contributed by atoms with E-state index in [1.807, 2.05) is 24.3 Å². The number of nitrogens with one attached hydrogen (secondary N) is 1. The van der Waals surface area contributed by atoms with E-state index in [2.05, 4.69) is 10.3 Å². The molecule has 8 heteroatoms. The molecule has 2 N–H and O–H groups in total. The van der Waals surface area contributed by atoms with E-state index in [1.165, 1.54) is 16.7 Å². The van der Waals surface area contributed by atoms with Crippen LogP contribution in [-0.2, 0) is 20.8 Å². The minimum Gasteiger partial charge on any atom is -0.476 e. The smallest absolute Gasteiger partial charge is 0.355 e. The largest absolute Gasteiger partial charge is 0.476 e. The molecule has 0 bridgehead atoms. The number of ether oxygens (including phenoxy) is 2. The zero-order valence-corrected chi connectivity index (χ0v) is 13.5. The Morgan fingerprint density at radius 3 is 2.96 bits per heavy atom. The number of benzene rings is 1. The van der Waals surface area contributed by atoms with Gasteiger partial charge in [-0.05, 0) is 11.6 Å². The van der Waals surface area contributed by atoms with Crippen molar-refractivity contribution < 1.29 is 24.2 Å². The number of aromatic carboxylic acids is 1. The van der Waals surface area contributed by atoms with Gasteiger partial charge in [-0.25, -0.2) is 9.78 Å². The number of carbonyl (C=O) groups excluding carboxylic acids is 1. The number of rotatable bonds is 5. The lowest BCUT2D eigenvalue weighted by atomic mass is 10.1. The average Bonchev–Trinajstić information content (AvgIpc) is 3.11. The number of thiazole rings is 1. The predicted molar refractivity (Wildman–Crippen MR) is 86.9 cm³/mol. The molecule has 1 unspecified atom stereocenters. The molecule has 24 heavy (non-hydrogen) atoms. The van der Waals surface area contributed by atoms with Gasteiger partial charge >= 0.3 is 5.97 Å². The molecular formula is C16H16N2O5S. The van der Waals surface area contributed by atoms with Crippen LogP contribution in [0.5, 0.6) is 0 Å². The Labute approximate surface area is 142 Å². The number of carboxylic acid groups (broad SMARTS) is 1. The second-order valence-corrected chi connectivity index (χ2v) is 6.05. The van der Waals surface area contributed by atoms with E-state index in [0.717, 1.165) is 11.1 Å². The van der Waals surface area contributed by atoms with Gasteiger partial charge in [0, 0.05) is 17.5 Å². The average molecular weight is 348 g/mol. The number of aromatic nitrogens is 1. The van der Waals surface area contributed by atoms with E-state index < -0.39 is 12.1 Å². The van der Waals surface area contributed by atoms with E-state index in [0.29, 0.717) is 24.8 Å². The molecule has 1 aromatic heterocycles. The van der Waals surface area contributed by atoms with Crippen LogP contribution >= 0.6 is 11.3 Å². The Morgan fingerprint density at radius 2 is 2.25 bits per heavy atom. The number of hydrogen-bond acceptors (Lipinski definition) is 6. The predicted octanol–water partition coefficient (Wildman–Crippen LogP) is 1.54. The van der Waals surface area contributed by atoms with E-state index >= 15 is 0 Å². The second kappa shape index (κ2) is 7.52. The number of hydrogen-bond donors (Lipinski definition) is 2. The molecule has 7 nitrogen and oxygen atoms in total. The summed E-state index contributed by atoms with van der Waals surface area (Å²) in [5, 5.41) is 13.9. The molecule has 2 aromatic rings. The van der Waals surface area contributed by atoms with E-state index in [4.69, 9.17) is 14.6 Å². The van der Waals surface area contributed by atoms with Crippen molar-refractivity contribution in [2.75, 3.05) is 19.8 Å². The summed E-state index contributed by atoms with van der Waals surface area (Å²) in [4.78, 5) is 27.0. The first-order chi connectivity index (χ1) is 11.6. The van der Waals surface area contributed by atoms with Crippen LogP contribution in [0.2, 0.25) is 0 Å². The minimum atomic E-state index is -1.05. The van der Waals surface area contributed by atoms with Gasteiger partial charge in [0.1, 0.15) is 5.01 Å². The fourth-order valence-electron chi connectivity index (χ4n) is 2.26. The molecule has 1 atom stereocenters. The molecule has 0 aliphatic carbocycles. The lowest BCUT2D eigenvalue weighted by molar-refractivity contribution is -0.147. The van der Waals surface area contributed by atoms with Gasteiger partial charge in [-0.3, -0.25) is 4.79 Å². The molecule has 0 spiro atoms. The lowest BCUT2D eigenvalue weighted by Crippen LogP contribution is -2.42. The summed E-state index contributed by atoms with van der Waals surface area (Å²) in [6, 6.07) is 7.46. The summed E-state index contributed by atoms with van der Waals surface area (Å²) in [5.41, 5.74) is 1.74. The molecule has 1 aliphatic heterocycles. The number of carbonyl (C=O) groups is 2. The molecule has 1 saturated heterocycles. The fourth-order valence-corrected chi connectivity index (χ4v) is 3.05. The van der Waals surface area contributed by atoms with Gasteiger partial charge in [0.2, 0.25) is 0 Å². The van der Waals surface area contributed by atoms with Crippen molar-refractivity contribution in [3.63, 3.8) is 0 Å². The monoisotopic (exact) mass is 348 g/mol. The third-order valence-corrected chi connectivity index (χ3v) is 4.36. The molecule has 0 radical (unpaired) electrons. The van der Waals surface area contributed by atoms with Gasteiger partial charge < -0.3 is 19.9 Å². The maximum Gasteiger partial charge on any atom is 0.355 e. The normalized spacial score (nSPS) is 17.4. The summed E-state index contributed by atoms with van der Waals surface area (Å²) < 4.78 is 10.6. The summed E-state index contributed by atoms with van der Waals surface area (Å²) >= 11 is 1.27. The number of carboxylic acids is 1. The highest BCUT2D eigenvalue weighted by Gasteiger charge is 2.22. The molecule has 0 saturated carbocycles. The maximum atomic E-state index is 12.0. The third-order valence-electron chi connectivity index (χ3n) is 3.47. The van der Waals surface area contributed by atoms with Gasteiger partial charge in [0.15, 0.2) is 11.8 Å². The summed E-state index contributed by atoms with van der Waals surface area (Å²) in [6.45, 7) is 1.55. The van der Waals surface area contributed by atoms with Crippen LogP contribution in [-0.4, -0.2) is 47.9 Å². The van der Waals surface area contributed by atoms with Crippen molar-refractivity contribution in [3.05, 3.63) is 40.9 Å². The van der Waals surface area contributed by atoms with Crippen LogP contribution in [0.4, 0.5) is 0 Å². The zero-order valence-electron chi connectivity index (χ0n) is 12.7. The number of nitrogens with zero attached hydrogens (tertiary/aromatic N) is 1. The van der Waals surface area contributed by atoms with Crippen molar-refractivity contribution in [1.29, 1.82) is 0 Å². The summed E-state index contributed by atoms with van der Waals surface area (Å²) in [7, 11) is 0. The summed E-state index contributed by atoms with van der Waals surface area (Å²) in [5.74, 6) is -1.25. The lowest BCUT2D eigenvalue weighted by Gasteiger charge is -2.22. The van der Waals surface area contributed by atoms with Gasteiger partial charge in [-0.2, -0.15) is 0 Å². The highest BCUT2D eigenvalue weighted by molar-refractivity contribution is 7.13. The molecule has 3 rings (SSSR count). The molecule has 1 aliphatic rings.